The third-order valence-electron chi connectivity index (χ3n) is 1.93. The molecule has 7 nitrogen and oxygen atoms in total. The summed E-state index contributed by atoms with van der Waals surface area (Å²) < 4.78 is 4.94. The fraction of sp³-hybridized carbons (Fsp3) is 0.700. The van der Waals surface area contributed by atoms with Crippen LogP contribution in [0.4, 0.5) is 4.79 Å². The second-order valence-corrected chi connectivity index (χ2v) is 4.72. The molecule has 98 valence electrons. The SMILES string of the molecule is CC(C(N)=O)[C@H](NC(=O)OC(C)(C)C)C(N)=O. The Balaban J connectivity index is 4.62. The van der Waals surface area contributed by atoms with Crippen LogP contribution in [-0.4, -0.2) is 29.6 Å². The van der Waals surface area contributed by atoms with Crippen molar-refractivity contribution in [3.05, 3.63) is 0 Å². The maximum Gasteiger partial charge on any atom is 0.408 e. The molecule has 0 radical (unpaired) electrons. The summed E-state index contributed by atoms with van der Waals surface area (Å²) in [6.07, 6.45) is -0.825. The minimum Gasteiger partial charge on any atom is -0.444 e. The van der Waals surface area contributed by atoms with Gasteiger partial charge in [0.2, 0.25) is 11.8 Å². The zero-order chi connectivity index (χ0) is 13.8. The highest BCUT2D eigenvalue weighted by Crippen LogP contribution is 2.08. The van der Waals surface area contributed by atoms with E-state index in [4.69, 9.17) is 16.2 Å². The lowest BCUT2D eigenvalue weighted by molar-refractivity contribution is -0.128. The maximum atomic E-state index is 11.4. The predicted molar refractivity (Wildman–Crippen MR) is 60.7 cm³/mol. The zero-order valence-electron chi connectivity index (χ0n) is 10.4. The molecule has 0 saturated carbocycles. The monoisotopic (exact) mass is 245 g/mol. The van der Waals surface area contributed by atoms with Crippen LogP contribution < -0.4 is 16.8 Å². The van der Waals surface area contributed by atoms with Gasteiger partial charge >= 0.3 is 6.09 Å². The fourth-order valence-electron chi connectivity index (χ4n) is 1.04. The van der Waals surface area contributed by atoms with Crippen LogP contribution in [0.3, 0.4) is 0 Å². The summed E-state index contributed by atoms with van der Waals surface area (Å²) >= 11 is 0. The molecule has 0 heterocycles. The van der Waals surface area contributed by atoms with E-state index in [0.29, 0.717) is 0 Å². The van der Waals surface area contributed by atoms with Crippen molar-refractivity contribution in [2.75, 3.05) is 0 Å². The van der Waals surface area contributed by atoms with Gasteiger partial charge in [-0.25, -0.2) is 4.79 Å². The summed E-state index contributed by atoms with van der Waals surface area (Å²) in [5.74, 6) is -2.48. The van der Waals surface area contributed by atoms with Gasteiger partial charge in [-0.15, -0.1) is 0 Å². The van der Waals surface area contributed by atoms with Crippen molar-refractivity contribution in [1.29, 1.82) is 0 Å². The standard InChI is InChI=1S/C10H19N3O4/c1-5(7(11)14)6(8(12)15)13-9(16)17-10(2,3)4/h5-6H,1-4H3,(H2,11,14)(H2,12,15)(H,13,16)/t5?,6-/m0/s1. The maximum absolute atomic E-state index is 11.4. The van der Waals surface area contributed by atoms with Gasteiger partial charge in [-0.3, -0.25) is 9.59 Å². The van der Waals surface area contributed by atoms with Gasteiger partial charge in [0.1, 0.15) is 11.6 Å². The molecule has 0 rings (SSSR count). The molecule has 7 heteroatoms. The molecular weight excluding hydrogens is 226 g/mol. The summed E-state index contributed by atoms with van der Waals surface area (Å²) in [7, 11) is 0. The normalized spacial score (nSPS) is 14.6. The van der Waals surface area contributed by atoms with Crippen molar-refractivity contribution >= 4 is 17.9 Å². The molecule has 2 atom stereocenters. The van der Waals surface area contributed by atoms with E-state index in [9.17, 15) is 14.4 Å². The number of alkyl carbamates (subject to hydrolysis) is 1. The summed E-state index contributed by atoms with van der Waals surface area (Å²) in [5, 5.41) is 2.22. The van der Waals surface area contributed by atoms with Gasteiger partial charge in [-0.1, -0.05) is 6.92 Å². The molecule has 0 aliphatic heterocycles. The Kier molecular flexibility index (Phi) is 4.93. The highest BCUT2D eigenvalue weighted by molar-refractivity contribution is 5.90. The van der Waals surface area contributed by atoms with Crippen molar-refractivity contribution < 1.29 is 19.1 Å². The smallest absolute Gasteiger partial charge is 0.408 e. The molecule has 3 amide bonds. The van der Waals surface area contributed by atoms with Crippen LogP contribution in [0.2, 0.25) is 0 Å². The summed E-state index contributed by atoms with van der Waals surface area (Å²) in [5.41, 5.74) is 9.40. The molecule has 0 aromatic rings. The molecule has 5 N–H and O–H groups in total. The van der Waals surface area contributed by atoms with E-state index in [0.717, 1.165) is 0 Å². The molecule has 0 bridgehead atoms. The lowest BCUT2D eigenvalue weighted by Gasteiger charge is -2.24. The number of nitrogens with two attached hydrogens (primary N) is 2. The number of primary amides is 2. The number of nitrogens with one attached hydrogen (secondary N) is 1. The van der Waals surface area contributed by atoms with Gasteiger partial charge in [0, 0.05) is 0 Å². The van der Waals surface area contributed by atoms with E-state index in [-0.39, 0.29) is 0 Å². The summed E-state index contributed by atoms with van der Waals surface area (Å²) in [6, 6.07) is -1.18. The number of carbonyl (C=O) groups is 3. The average Bonchev–Trinajstić information content (AvgIpc) is 2.09. The first kappa shape index (κ1) is 15.2. The topological polar surface area (TPSA) is 125 Å². The van der Waals surface area contributed by atoms with Crippen molar-refractivity contribution in [2.24, 2.45) is 17.4 Å². The second kappa shape index (κ2) is 5.51. The second-order valence-electron chi connectivity index (χ2n) is 4.72. The highest BCUT2D eigenvalue weighted by atomic mass is 16.6. The summed E-state index contributed by atoms with van der Waals surface area (Å²) in [4.78, 5) is 33.4. The Morgan fingerprint density at radius 3 is 1.88 bits per heavy atom. The molecule has 0 aromatic carbocycles. The molecule has 0 spiro atoms. The van der Waals surface area contributed by atoms with Crippen LogP contribution in [0.1, 0.15) is 27.7 Å². The quantitative estimate of drug-likeness (QED) is 0.616. The number of amides is 3. The van der Waals surface area contributed by atoms with Crippen molar-refractivity contribution in [3.63, 3.8) is 0 Å². The molecule has 0 fully saturated rings. The molecule has 17 heavy (non-hydrogen) atoms. The Labute approximate surface area is 99.9 Å². The number of carbonyl (C=O) groups excluding carboxylic acids is 3. The van der Waals surface area contributed by atoms with Gasteiger partial charge < -0.3 is 21.5 Å². The first-order chi connectivity index (χ1) is 7.54. The highest BCUT2D eigenvalue weighted by Gasteiger charge is 2.30. The van der Waals surface area contributed by atoms with Crippen LogP contribution in [0, 0.1) is 5.92 Å². The Hall–Kier alpha value is -1.79. The van der Waals surface area contributed by atoms with E-state index >= 15 is 0 Å². The fourth-order valence-corrected chi connectivity index (χ4v) is 1.04. The van der Waals surface area contributed by atoms with Crippen molar-refractivity contribution in [1.82, 2.24) is 5.32 Å². The molecule has 1 unspecified atom stereocenters. The number of ether oxygens (including phenoxy) is 1. The Bertz CT molecular complexity index is 322. The van der Waals surface area contributed by atoms with Crippen LogP contribution >= 0.6 is 0 Å². The molecule has 0 saturated heterocycles. The van der Waals surface area contributed by atoms with Gasteiger partial charge in [0.15, 0.2) is 0 Å². The van der Waals surface area contributed by atoms with E-state index < -0.39 is 35.5 Å². The van der Waals surface area contributed by atoms with Crippen LogP contribution in [-0.2, 0) is 14.3 Å². The zero-order valence-corrected chi connectivity index (χ0v) is 10.4. The van der Waals surface area contributed by atoms with Gasteiger partial charge in [0.25, 0.3) is 0 Å². The van der Waals surface area contributed by atoms with Gasteiger partial charge in [-0.2, -0.15) is 0 Å². The van der Waals surface area contributed by atoms with Crippen molar-refractivity contribution in [2.45, 2.75) is 39.3 Å². The largest absolute Gasteiger partial charge is 0.444 e. The first-order valence-corrected chi connectivity index (χ1v) is 5.12. The first-order valence-electron chi connectivity index (χ1n) is 5.12. The number of hydrogen-bond acceptors (Lipinski definition) is 4. The number of rotatable bonds is 4. The minimum absolute atomic E-state index is 0.706. The Morgan fingerprint density at radius 2 is 1.59 bits per heavy atom. The predicted octanol–water partition coefficient (Wildman–Crippen LogP) is -0.514. The van der Waals surface area contributed by atoms with Gasteiger partial charge in [-0.05, 0) is 20.8 Å². The third kappa shape index (κ3) is 5.74. The van der Waals surface area contributed by atoms with Crippen LogP contribution in [0.25, 0.3) is 0 Å². The Morgan fingerprint density at radius 1 is 1.12 bits per heavy atom. The average molecular weight is 245 g/mol. The molecule has 0 aromatic heterocycles. The molecule has 0 aliphatic carbocycles. The lowest BCUT2D eigenvalue weighted by atomic mass is 10.0. The molecule has 0 aliphatic rings. The van der Waals surface area contributed by atoms with E-state index in [2.05, 4.69) is 5.32 Å². The number of hydrogen-bond donors (Lipinski definition) is 3. The van der Waals surface area contributed by atoms with E-state index in [1.54, 1.807) is 20.8 Å². The third-order valence-corrected chi connectivity index (χ3v) is 1.93. The van der Waals surface area contributed by atoms with Crippen LogP contribution in [0.5, 0.6) is 0 Å². The van der Waals surface area contributed by atoms with Crippen LogP contribution in [0.15, 0.2) is 0 Å². The summed E-state index contributed by atoms with van der Waals surface area (Å²) in [6.45, 7) is 6.41. The van der Waals surface area contributed by atoms with Crippen molar-refractivity contribution in [3.8, 4) is 0 Å². The van der Waals surface area contributed by atoms with E-state index in [1.807, 2.05) is 0 Å². The lowest BCUT2D eigenvalue weighted by Crippen LogP contribution is -2.52. The van der Waals surface area contributed by atoms with Gasteiger partial charge in [0.05, 0.1) is 5.92 Å². The molecular formula is C10H19N3O4. The minimum atomic E-state index is -1.18. The van der Waals surface area contributed by atoms with E-state index in [1.165, 1.54) is 6.92 Å².